The molecule has 0 aromatic rings. The number of piperazine rings is 1. The summed E-state index contributed by atoms with van der Waals surface area (Å²) >= 11 is 5.37. The number of ether oxygens (including phenoxy) is 1. The second-order valence-corrected chi connectivity index (χ2v) is 8.95. The SMILES string of the molecule is CCCCCCCCCCOC(=O)CC1C(=O)NCCN1C(=S)NC(=O)CCCCCC. The first-order valence-corrected chi connectivity index (χ1v) is 12.9. The summed E-state index contributed by atoms with van der Waals surface area (Å²) in [7, 11) is 0. The molecule has 0 spiro atoms. The maximum atomic E-state index is 12.4. The Kier molecular flexibility index (Phi) is 15.8. The zero-order valence-corrected chi connectivity index (χ0v) is 20.9. The van der Waals surface area contributed by atoms with Crippen molar-refractivity contribution in [3.05, 3.63) is 0 Å². The third kappa shape index (κ3) is 12.4. The maximum absolute atomic E-state index is 12.4. The summed E-state index contributed by atoms with van der Waals surface area (Å²) < 4.78 is 5.35. The van der Waals surface area contributed by atoms with Gasteiger partial charge in [-0.2, -0.15) is 0 Å². The van der Waals surface area contributed by atoms with Crippen LogP contribution in [0.5, 0.6) is 0 Å². The Bertz CT molecular complexity index is 586. The summed E-state index contributed by atoms with van der Waals surface area (Å²) in [6.07, 6.45) is 13.8. The summed E-state index contributed by atoms with van der Waals surface area (Å²) in [5.74, 6) is -0.818. The highest BCUT2D eigenvalue weighted by Gasteiger charge is 2.34. The molecule has 1 heterocycles. The normalized spacial score (nSPS) is 15.9. The van der Waals surface area contributed by atoms with Crippen LogP contribution in [0.15, 0.2) is 0 Å². The fourth-order valence-electron chi connectivity index (χ4n) is 3.77. The number of nitrogens with one attached hydrogen (secondary N) is 2. The van der Waals surface area contributed by atoms with Crippen molar-refractivity contribution in [2.75, 3.05) is 19.7 Å². The van der Waals surface area contributed by atoms with Crippen LogP contribution in [0.2, 0.25) is 0 Å². The number of unbranched alkanes of at least 4 members (excludes halogenated alkanes) is 10. The van der Waals surface area contributed by atoms with Gasteiger partial charge >= 0.3 is 5.97 Å². The van der Waals surface area contributed by atoms with Crippen molar-refractivity contribution >= 4 is 35.1 Å². The van der Waals surface area contributed by atoms with Crippen molar-refractivity contribution in [3.8, 4) is 0 Å². The number of thiocarbonyl (C=S) groups is 1. The molecule has 1 saturated heterocycles. The zero-order valence-electron chi connectivity index (χ0n) is 20.1. The predicted molar refractivity (Wildman–Crippen MR) is 131 cm³/mol. The number of rotatable bonds is 16. The Morgan fingerprint density at radius 3 is 2.25 bits per heavy atom. The van der Waals surface area contributed by atoms with E-state index in [1.165, 1.54) is 32.1 Å². The Labute approximate surface area is 199 Å². The molecule has 1 rings (SSSR count). The molecular weight excluding hydrogens is 426 g/mol. The van der Waals surface area contributed by atoms with Gasteiger partial charge in [-0.15, -0.1) is 0 Å². The lowest BCUT2D eigenvalue weighted by molar-refractivity contribution is -0.147. The maximum Gasteiger partial charge on any atom is 0.308 e. The van der Waals surface area contributed by atoms with Gasteiger partial charge in [-0.25, -0.2) is 0 Å². The smallest absolute Gasteiger partial charge is 0.308 e. The number of esters is 1. The lowest BCUT2D eigenvalue weighted by Crippen LogP contribution is -2.60. The first-order chi connectivity index (χ1) is 15.5. The van der Waals surface area contributed by atoms with E-state index in [4.69, 9.17) is 17.0 Å². The highest BCUT2D eigenvalue weighted by Crippen LogP contribution is 2.12. The van der Waals surface area contributed by atoms with Crippen molar-refractivity contribution in [2.45, 2.75) is 110 Å². The zero-order chi connectivity index (χ0) is 23.6. The Morgan fingerprint density at radius 1 is 1.00 bits per heavy atom. The van der Waals surface area contributed by atoms with Gasteiger partial charge in [0.25, 0.3) is 0 Å². The van der Waals surface area contributed by atoms with E-state index in [2.05, 4.69) is 24.5 Å². The lowest BCUT2D eigenvalue weighted by atomic mass is 10.1. The Balaban J connectivity index is 2.34. The van der Waals surface area contributed by atoms with Crippen molar-refractivity contribution in [1.29, 1.82) is 0 Å². The van der Waals surface area contributed by atoms with E-state index in [1.807, 2.05) is 0 Å². The first kappa shape index (κ1) is 28.3. The van der Waals surface area contributed by atoms with E-state index in [0.29, 0.717) is 26.1 Å². The minimum Gasteiger partial charge on any atom is -0.466 e. The van der Waals surface area contributed by atoms with Crippen LogP contribution in [0, 0.1) is 0 Å². The number of carbonyl (C=O) groups is 3. The second kappa shape index (κ2) is 17.8. The third-order valence-corrected chi connectivity index (χ3v) is 6.05. The molecule has 32 heavy (non-hydrogen) atoms. The highest BCUT2D eigenvalue weighted by molar-refractivity contribution is 7.80. The average molecular weight is 470 g/mol. The van der Waals surface area contributed by atoms with Crippen LogP contribution in [-0.2, 0) is 19.1 Å². The molecule has 0 aromatic heterocycles. The molecule has 0 radical (unpaired) electrons. The molecule has 0 aliphatic carbocycles. The number of carbonyl (C=O) groups excluding carboxylic acids is 3. The van der Waals surface area contributed by atoms with E-state index < -0.39 is 12.0 Å². The summed E-state index contributed by atoms with van der Waals surface area (Å²) in [4.78, 5) is 38.5. The standard InChI is InChI=1S/C24H43N3O4S/c1-3-5-7-9-10-11-12-14-18-31-22(29)19-20-23(30)25-16-17-27(20)24(32)26-21(28)15-13-8-6-4-2/h20H,3-19H2,1-2H3,(H,25,30)(H,26,28,32). The van der Waals surface area contributed by atoms with Gasteiger partial charge in [-0.05, 0) is 25.1 Å². The quantitative estimate of drug-likeness (QED) is 0.200. The number of hydrogen-bond acceptors (Lipinski definition) is 5. The van der Waals surface area contributed by atoms with Gasteiger partial charge < -0.3 is 20.3 Å². The number of hydrogen-bond donors (Lipinski definition) is 2. The van der Waals surface area contributed by atoms with Crippen LogP contribution in [0.3, 0.4) is 0 Å². The topological polar surface area (TPSA) is 87.7 Å². The molecule has 1 unspecified atom stereocenters. The number of amides is 2. The summed E-state index contributed by atoms with van der Waals surface area (Å²) in [6, 6.07) is -0.747. The van der Waals surface area contributed by atoms with Gasteiger partial charge in [0.1, 0.15) is 6.04 Å². The van der Waals surface area contributed by atoms with Crippen LogP contribution in [-0.4, -0.2) is 53.5 Å². The molecule has 1 aliphatic rings. The van der Waals surface area contributed by atoms with Crippen molar-refractivity contribution in [3.63, 3.8) is 0 Å². The second-order valence-electron chi connectivity index (χ2n) is 8.56. The van der Waals surface area contributed by atoms with Crippen LogP contribution in [0.25, 0.3) is 0 Å². The predicted octanol–water partition coefficient (Wildman–Crippen LogP) is 4.23. The average Bonchev–Trinajstić information content (AvgIpc) is 2.77. The van der Waals surface area contributed by atoms with Crippen molar-refractivity contribution < 1.29 is 19.1 Å². The molecule has 1 aliphatic heterocycles. The van der Waals surface area contributed by atoms with Crippen LogP contribution < -0.4 is 10.6 Å². The Hall–Kier alpha value is -1.70. The van der Waals surface area contributed by atoms with E-state index >= 15 is 0 Å². The molecule has 184 valence electrons. The molecule has 7 nitrogen and oxygen atoms in total. The largest absolute Gasteiger partial charge is 0.466 e. The monoisotopic (exact) mass is 469 g/mol. The summed E-state index contributed by atoms with van der Waals surface area (Å²) in [6.45, 7) is 5.59. The lowest BCUT2D eigenvalue weighted by Gasteiger charge is -2.36. The van der Waals surface area contributed by atoms with E-state index in [-0.39, 0.29) is 23.3 Å². The van der Waals surface area contributed by atoms with Gasteiger partial charge in [0.05, 0.1) is 13.0 Å². The molecule has 2 N–H and O–H groups in total. The van der Waals surface area contributed by atoms with Gasteiger partial charge in [0.15, 0.2) is 5.11 Å². The van der Waals surface area contributed by atoms with E-state index in [9.17, 15) is 14.4 Å². The van der Waals surface area contributed by atoms with Gasteiger partial charge in [0, 0.05) is 19.5 Å². The molecule has 2 amide bonds. The third-order valence-electron chi connectivity index (χ3n) is 5.72. The van der Waals surface area contributed by atoms with E-state index in [1.54, 1.807) is 4.90 Å². The fourth-order valence-corrected chi connectivity index (χ4v) is 4.10. The van der Waals surface area contributed by atoms with E-state index in [0.717, 1.165) is 44.9 Å². The summed E-state index contributed by atoms with van der Waals surface area (Å²) in [5.41, 5.74) is 0. The molecule has 1 fully saturated rings. The van der Waals surface area contributed by atoms with Crippen LogP contribution >= 0.6 is 12.2 Å². The van der Waals surface area contributed by atoms with Crippen molar-refractivity contribution in [1.82, 2.24) is 15.5 Å². The van der Waals surface area contributed by atoms with Gasteiger partial charge in [-0.3, -0.25) is 14.4 Å². The minimum atomic E-state index is -0.747. The van der Waals surface area contributed by atoms with Crippen LogP contribution in [0.1, 0.15) is 104 Å². The van der Waals surface area contributed by atoms with Gasteiger partial charge in [-0.1, -0.05) is 78.1 Å². The minimum absolute atomic E-state index is 0.0740. The molecule has 0 bridgehead atoms. The van der Waals surface area contributed by atoms with Crippen molar-refractivity contribution in [2.24, 2.45) is 0 Å². The first-order valence-electron chi connectivity index (χ1n) is 12.5. The highest BCUT2D eigenvalue weighted by atomic mass is 32.1. The number of nitrogens with zero attached hydrogens (tertiary/aromatic N) is 1. The summed E-state index contributed by atoms with van der Waals surface area (Å²) in [5, 5.41) is 5.70. The molecule has 1 atom stereocenters. The Morgan fingerprint density at radius 2 is 1.59 bits per heavy atom. The van der Waals surface area contributed by atoms with Gasteiger partial charge in [0.2, 0.25) is 11.8 Å². The molecule has 0 aromatic carbocycles. The molecule has 8 heteroatoms. The molecule has 0 saturated carbocycles. The fraction of sp³-hybridized carbons (Fsp3) is 0.833. The molecular formula is C24H43N3O4S. The van der Waals surface area contributed by atoms with Crippen LogP contribution in [0.4, 0.5) is 0 Å².